The molecule has 2 aromatic carbocycles. The van der Waals surface area contributed by atoms with E-state index in [1.54, 1.807) is 12.1 Å². The molecule has 2 nitrogen and oxygen atoms in total. The fraction of sp³-hybridized carbons (Fsp3) is 0.455. The van der Waals surface area contributed by atoms with Crippen molar-refractivity contribution < 1.29 is 9.50 Å². The maximum absolute atomic E-state index is 13.6. The van der Waals surface area contributed by atoms with Crippen LogP contribution in [0.3, 0.4) is 0 Å². The Labute approximate surface area is 162 Å². The van der Waals surface area contributed by atoms with Gasteiger partial charge in [0.25, 0.3) is 0 Å². The lowest BCUT2D eigenvalue weighted by molar-refractivity contribution is -0.0436. The third kappa shape index (κ3) is 4.85. The van der Waals surface area contributed by atoms with Crippen LogP contribution in [0, 0.1) is 5.82 Å². The van der Waals surface area contributed by atoms with Gasteiger partial charge >= 0.3 is 0 Å². The average Bonchev–Trinajstić information content (AvgIpc) is 2.58. The smallest absolute Gasteiger partial charge is 0.123 e. The van der Waals surface area contributed by atoms with Gasteiger partial charge in [-0.3, -0.25) is 0 Å². The number of aliphatic hydroxyl groups is 1. The van der Waals surface area contributed by atoms with E-state index in [2.05, 4.69) is 31.1 Å². The van der Waals surface area contributed by atoms with Crippen LogP contribution in [-0.4, -0.2) is 35.2 Å². The van der Waals surface area contributed by atoms with Crippen LogP contribution in [0.25, 0.3) is 0 Å². The third-order valence-electron chi connectivity index (χ3n) is 5.86. The largest absolute Gasteiger partial charge is 0.390 e. The van der Waals surface area contributed by atoms with Gasteiger partial charge in [-0.05, 0) is 69.5 Å². The molecule has 0 unspecified atom stereocenters. The van der Waals surface area contributed by atoms with Crippen LogP contribution >= 0.6 is 12.4 Å². The first-order valence-corrected chi connectivity index (χ1v) is 9.09. The molecule has 1 aliphatic carbocycles. The normalized spacial score (nSPS) is 25.7. The highest BCUT2D eigenvalue weighted by Crippen LogP contribution is 2.41. The Kier molecular flexibility index (Phi) is 6.84. The highest BCUT2D eigenvalue weighted by molar-refractivity contribution is 5.85. The lowest BCUT2D eigenvalue weighted by Crippen LogP contribution is -2.53. The van der Waals surface area contributed by atoms with E-state index in [-0.39, 0.29) is 23.8 Å². The third-order valence-corrected chi connectivity index (χ3v) is 5.86. The molecule has 0 heterocycles. The maximum atomic E-state index is 13.6. The van der Waals surface area contributed by atoms with Crippen molar-refractivity contribution in [3.05, 3.63) is 71.5 Å². The van der Waals surface area contributed by atoms with Crippen molar-refractivity contribution in [3.8, 4) is 0 Å². The zero-order valence-electron chi connectivity index (χ0n) is 15.6. The van der Waals surface area contributed by atoms with Gasteiger partial charge in [0.1, 0.15) is 5.82 Å². The van der Waals surface area contributed by atoms with Crippen molar-refractivity contribution >= 4 is 12.4 Å². The summed E-state index contributed by atoms with van der Waals surface area (Å²) in [4.78, 5) is 2.26. The van der Waals surface area contributed by atoms with Gasteiger partial charge in [0.2, 0.25) is 0 Å². The Morgan fingerprint density at radius 2 is 1.50 bits per heavy atom. The molecule has 0 spiro atoms. The minimum absolute atomic E-state index is 0. The molecule has 0 bridgehead atoms. The zero-order valence-corrected chi connectivity index (χ0v) is 16.4. The standard InChI is InChI=1S/C22H28FNO.ClH/c1-24(2)21(16-19-9-6-10-20(23)15-19)11-13-22(25,14-12-21)17-18-7-4-3-5-8-18;/h3-10,15,25H,11-14,16-17H2,1-2H3;1H. The molecule has 4 heteroatoms. The minimum atomic E-state index is -0.636. The van der Waals surface area contributed by atoms with E-state index in [4.69, 9.17) is 0 Å². The maximum Gasteiger partial charge on any atom is 0.123 e. The van der Waals surface area contributed by atoms with Gasteiger partial charge < -0.3 is 10.0 Å². The van der Waals surface area contributed by atoms with Gasteiger partial charge in [0, 0.05) is 12.0 Å². The Bertz CT molecular complexity index is 696. The molecular formula is C22H29ClFNO. The lowest BCUT2D eigenvalue weighted by Gasteiger charge is -2.48. The highest BCUT2D eigenvalue weighted by atomic mass is 35.5. The number of benzene rings is 2. The molecule has 142 valence electrons. The molecule has 1 N–H and O–H groups in total. The summed E-state index contributed by atoms with van der Waals surface area (Å²) in [5.41, 5.74) is 1.56. The lowest BCUT2D eigenvalue weighted by atomic mass is 9.69. The van der Waals surface area contributed by atoms with E-state index in [1.807, 2.05) is 24.3 Å². The fourth-order valence-electron chi connectivity index (χ4n) is 4.14. The van der Waals surface area contributed by atoms with Crippen LogP contribution in [0.5, 0.6) is 0 Å². The molecule has 1 saturated carbocycles. The summed E-state index contributed by atoms with van der Waals surface area (Å²) in [6, 6.07) is 17.1. The number of hydrogen-bond acceptors (Lipinski definition) is 2. The minimum Gasteiger partial charge on any atom is -0.390 e. The topological polar surface area (TPSA) is 23.5 Å². The van der Waals surface area contributed by atoms with E-state index in [9.17, 15) is 9.50 Å². The first-order chi connectivity index (χ1) is 11.9. The second kappa shape index (κ2) is 8.51. The molecule has 2 aromatic rings. The Morgan fingerprint density at radius 3 is 2.08 bits per heavy atom. The van der Waals surface area contributed by atoms with Crippen molar-refractivity contribution in [2.75, 3.05) is 14.1 Å². The SMILES string of the molecule is CN(C)C1(Cc2cccc(F)c2)CCC(O)(Cc2ccccc2)CC1.Cl. The van der Waals surface area contributed by atoms with E-state index in [0.717, 1.165) is 37.7 Å². The van der Waals surface area contributed by atoms with Crippen LogP contribution < -0.4 is 0 Å². The van der Waals surface area contributed by atoms with Gasteiger partial charge in [0.05, 0.1) is 5.60 Å². The quantitative estimate of drug-likeness (QED) is 0.820. The second-order valence-corrected chi connectivity index (χ2v) is 7.81. The van der Waals surface area contributed by atoms with Crippen LogP contribution in [0.4, 0.5) is 4.39 Å². The van der Waals surface area contributed by atoms with Crippen molar-refractivity contribution in [3.63, 3.8) is 0 Å². The predicted octanol–water partition coefficient (Wildman–Crippen LogP) is 4.64. The van der Waals surface area contributed by atoms with Gasteiger partial charge in [-0.15, -0.1) is 12.4 Å². The van der Waals surface area contributed by atoms with Gasteiger partial charge in [-0.2, -0.15) is 0 Å². The van der Waals surface area contributed by atoms with Gasteiger partial charge in [-0.1, -0.05) is 42.5 Å². The molecule has 1 aliphatic rings. The molecule has 0 amide bonds. The number of likely N-dealkylation sites (N-methyl/N-ethyl adjacent to an activating group) is 1. The fourth-order valence-corrected chi connectivity index (χ4v) is 4.14. The van der Waals surface area contributed by atoms with Crippen LogP contribution in [0.15, 0.2) is 54.6 Å². The Balaban J connectivity index is 0.00000243. The van der Waals surface area contributed by atoms with E-state index in [1.165, 1.54) is 11.6 Å². The van der Waals surface area contributed by atoms with Crippen LogP contribution in [0.1, 0.15) is 36.8 Å². The van der Waals surface area contributed by atoms with Crippen molar-refractivity contribution in [2.24, 2.45) is 0 Å². The van der Waals surface area contributed by atoms with Crippen molar-refractivity contribution in [1.29, 1.82) is 0 Å². The van der Waals surface area contributed by atoms with Crippen molar-refractivity contribution in [2.45, 2.75) is 49.7 Å². The second-order valence-electron chi connectivity index (χ2n) is 7.81. The average molecular weight is 378 g/mol. The first kappa shape index (κ1) is 20.9. The summed E-state index contributed by atoms with van der Waals surface area (Å²) in [6.07, 6.45) is 4.90. The zero-order chi connectivity index (χ0) is 17.9. The van der Waals surface area contributed by atoms with Gasteiger partial charge in [0.15, 0.2) is 0 Å². The number of halogens is 2. The first-order valence-electron chi connectivity index (χ1n) is 9.09. The molecule has 0 atom stereocenters. The molecule has 0 saturated heterocycles. The number of nitrogens with zero attached hydrogens (tertiary/aromatic N) is 1. The summed E-state index contributed by atoms with van der Waals surface area (Å²) in [6.45, 7) is 0. The summed E-state index contributed by atoms with van der Waals surface area (Å²) in [5, 5.41) is 11.1. The van der Waals surface area contributed by atoms with Crippen molar-refractivity contribution in [1.82, 2.24) is 4.90 Å². The summed E-state index contributed by atoms with van der Waals surface area (Å²) < 4.78 is 13.6. The highest BCUT2D eigenvalue weighted by Gasteiger charge is 2.43. The van der Waals surface area contributed by atoms with E-state index >= 15 is 0 Å². The van der Waals surface area contributed by atoms with Crippen LogP contribution in [0.2, 0.25) is 0 Å². The monoisotopic (exact) mass is 377 g/mol. The van der Waals surface area contributed by atoms with E-state index in [0.29, 0.717) is 6.42 Å². The molecule has 0 aromatic heterocycles. The Hall–Kier alpha value is -1.42. The molecular weight excluding hydrogens is 349 g/mol. The number of rotatable bonds is 5. The van der Waals surface area contributed by atoms with Gasteiger partial charge in [-0.25, -0.2) is 4.39 Å². The molecule has 0 radical (unpaired) electrons. The number of hydrogen-bond donors (Lipinski definition) is 1. The predicted molar refractivity (Wildman–Crippen MR) is 107 cm³/mol. The summed E-state index contributed by atoms with van der Waals surface area (Å²) >= 11 is 0. The summed E-state index contributed by atoms with van der Waals surface area (Å²) in [5.74, 6) is -0.178. The van der Waals surface area contributed by atoms with Crippen LogP contribution in [-0.2, 0) is 12.8 Å². The van der Waals surface area contributed by atoms with E-state index < -0.39 is 5.60 Å². The Morgan fingerprint density at radius 1 is 0.885 bits per heavy atom. The molecule has 26 heavy (non-hydrogen) atoms. The molecule has 3 rings (SSSR count). The molecule has 1 fully saturated rings. The molecule has 0 aliphatic heterocycles. The summed E-state index contributed by atoms with van der Waals surface area (Å²) in [7, 11) is 4.20.